The summed E-state index contributed by atoms with van der Waals surface area (Å²) in [6, 6.07) is 12.9. The Morgan fingerprint density at radius 2 is 1.50 bits per heavy atom. The first-order valence-corrected chi connectivity index (χ1v) is 12.8. The third-order valence-electron chi connectivity index (χ3n) is 5.42. The number of nitrogens with one attached hydrogen (secondary N) is 1. The number of hydrogen-bond donors (Lipinski definition) is 1. The Bertz CT molecular complexity index is 1440. The van der Waals surface area contributed by atoms with E-state index in [2.05, 4.69) is 5.32 Å². The van der Waals surface area contributed by atoms with Crippen LogP contribution >= 0.6 is 0 Å². The molecule has 0 aliphatic rings. The van der Waals surface area contributed by atoms with Crippen molar-refractivity contribution in [1.29, 1.82) is 0 Å². The zero-order valence-corrected chi connectivity index (χ0v) is 21.9. The summed E-state index contributed by atoms with van der Waals surface area (Å²) in [5, 5.41) is 14.6. The molecule has 200 valence electrons. The van der Waals surface area contributed by atoms with Crippen LogP contribution in [0.25, 0.3) is 6.08 Å². The molecular formula is C26H26N2O9S. The number of nitro benzene ring substituents is 1. The molecule has 0 saturated carbocycles. The number of ether oxygens (including phenoxy) is 4. The van der Waals surface area contributed by atoms with Crippen molar-refractivity contribution in [3.05, 3.63) is 86.8 Å². The first kappa shape index (κ1) is 28.0. The van der Waals surface area contributed by atoms with Gasteiger partial charge in [-0.05, 0) is 35.9 Å². The van der Waals surface area contributed by atoms with Crippen molar-refractivity contribution in [2.75, 3.05) is 33.8 Å². The second-order valence-corrected chi connectivity index (χ2v) is 9.73. The maximum absolute atomic E-state index is 12.9. The number of anilines is 1. The van der Waals surface area contributed by atoms with Gasteiger partial charge in [-0.3, -0.25) is 14.9 Å². The number of hydrogen-bond acceptors (Lipinski definition) is 9. The van der Waals surface area contributed by atoms with Crippen LogP contribution in [-0.2, 0) is 15.6 Å². The van der Waals surface area contributed by atoms with E-state index in [-0.39, 0.29) is 22.7 Å². The highest BCUT2D eigenvalue weighted by Crippen LogP contribution is 2.35. The maximum atomic E-state index is 12.9. The van der Waals surface area contributed by atoms with Gasteiger partial charge in [-0.1, -0.05) is 6.07 Å². The van der Waals surface area contributed by atoms with Crippen LogP contribution in [0, 0.1) is 10.1 Å². The highest BCUT2D eigenvalue weighted by Gasteiger charge is 2.16. The zero-order valence-electron chi connectivity index (χ0n) is 21.1. The summed E-state index contributed by atoms with van der Waals surface area (Å²) in [5.74, 6) is 0.623. The van der Waals surface area contributed by atoms with E-state index in [4.69, 9.17) is 18.9 Å². The number of carbonyl (C=O) groups is 1. The molecule has 1 amide bonds. The van der Waals surface area contributed by atoms with E-state index >= 15 is 0 Å². The molecule has 0 aromatic heterocycles. The minimum atomic E-state index is -3.77. The second-order valence-electron chi connectivity index (χ2n) is 7.85. The Morgan fingerprint density at radius 1 is 0.895 bits per heavy atom. The van der Waals surface area contributed by atoms with Gasteiger partial charge in [0.05, 0.1) is 50.4 Å². The lowest BCUT2D eigenvalue weighted by Gasteiger charge is -2.13. The van der Waals surface area contributed by atoms with Gasteiger partial charge < -0.3 is 24.3 Å². The van der Waals surface area contributed by atoms with Crippen molar-refractivity contribution in [3.63, 3.8) is 0 Å². The Kier molecular flexibility index (Phi) is 8.92. The van der Waals surface area contributed by atoms with Crippen molar-refractivity contribution in [2.45, 2.75) is 5.75 Å². The standard InChI is InChI=1S/C26H26N2O9S/c1-34-20-14-24(36-3)21(25(15-20)37-4)11-12-38(32,33)16-17-5-10-23(35-2)22(13-17)27-26(29)18-6-8-19(9-7-18)28(30)31/h5-15H,16H2,1-4H3,(H,27,29)/b12-11+. The highest BCUT2D eigenvalue weighted by atomic mass is 32.2. The summed E-state index contributed by atoms with van der Waals surface area (Å²) in [7, 11) is 2.03. The Hall–Kier alpha value is -4.58. The number of non-ortho nitro benzene ring substituents is 1. The van der Waals surface area contributed by atoms with Crippen molar-refractivity contribution < 1.29 is 37.1 Å². The average molecular weight is 543 g/mol. The number of benzene rings is 3. The lowest BCUT2D eigenvalue weighted by Crippen LogP contribution is -2.13. The average Bonchev–Trinajstić information content (AvgIpc) is 2.91. The van der Waals surface area contributed by atoms with Gasteiger partial charge in [0.2, 0.25) is 0 Å². The third-order valence-corrected chi connectivity index (χ3v) is 6.70. The van der Waals surface area contributed by atoms with Crippen molar-refractivity contribution >= 4 is 33.2 Å². The molecule has 0 heterocycles. The van der Waals surface area contributed by atoms with Crippen LogP contribution in [-0.4, -0.2) is 47.7 Å². The highest BCUT2D eigenvalue weighted by molar-refractivity contribution is 7.93. The monoisotopic (exact) mass is 542 g/mol. The summed E-state index contributed by atoms with van der Waals surface area (Å²) < 4.78 is 47.1. The summed E-state index contributed by atoms with van der Waals surface area (Å²) in [4.78, 5) is 23.0. The number of sulfone groups is 1. The van der Waals surface area contributed by atoms with Crippen molar-refractivity contribution in [3.8, 4) is 23.0 Å². The fraction of sp³-hybridized carbons (Fsp3) is 0.192. The van der Waals surface area contributed by atoms with Gasteiger partial charge in [0.1, 0.15) is 23.0 Å². The number of nitrogens with zero attached hydrogens (tertiary/aromatic N) is 1. The molecule has 3 aromatic carbocycles. The summed E-state index contributed by atoms with van der Waals surface area (Å²) in [5.41, 5.74) is 1.09. The van der Waals surface area contributed by atoms with Crippen LogP contribution < -0.4 is 24.3 Å². The van der Waals surface area contributed by atoms with Crippen molar-refractivity contribution in [1.82, 2.24) is 0 Å². The third kappa shape index (κ3) is 6.79. The second kappa shape index (κ2) is 12.1. The van der Waals surface area contributed by atoms with Crippen LogP contribution in [0.5, 0.6) is 23.0 Å². The fourth-order valence-corrected chi connectivity index (χ4v) is 4.60. The summed E-state index contributed by atoms with van der Waals surface area (Å²) in [6.07, 6.45) is 1.38. The van der Waals surface area contributed by atoms with Gasteiger partial charge in [-0.15, -0.1) is 0 Å². The van der Waals surface area contributed by atoms with Gasteiger partial charge in [0.15, 0.2) is 9.84 Å². The number of methoxy groups -OCH3 is 4. The first-order chi connectivity index (χ1) is 18.1. The SMILES string of the molecule is COc1cc(OC)c(/C=C/S(=O)(=O)Cc2ccc(OC)c(NC(=O)c3ccc([N+](=O)[O-])cc3)c2)c(OC)c1. The van der Waals surface area contributed by atoms with E-state index in [0.717, 1.165) is 5.41 Å². The molecule has 0 aliphatic heterocycles. The predicted molar refractivity (Wildman–Crippen MR) is 142 cm³/mol. The number of carbonyl (C=O) groups excluding carboxylic acids is 1. The van der Waals surface area contributed by atoms with Crippen LogP contribution in [0.15, 0.2) is 60.0 Å². The molecule has 0 bridgehead atoms. The van der Waals surface area contributed by atoms with E-state index < -0.39 is 20.7 Å². The largest absolute Gasteiger partial charge is 0.496 e. The predicted octanol–water partition coefficient (Wildman–Crippen LogP) is 4.47. The van der Waals surface area contributed by atoms with E-state index in [1.165, 1.54) is 70.9 Å². The number of amides is 1. The molecule has 1 N–H and O–H groups in total. The van der Waals surface area contributed by atoms with Gasteiger partial charge in [0.25, 0.3) is 11.6 Å². The van der Waals surface area contributed by atoms with Crippen LogP contribution in [0.3, 0.4) is 0 Å². The van der Waals surface area contributed by atoms with Crippen molar-refractivity contribution in [2.24, 2.45) is 0 Å². The van der Waals surface area contributed by atoms with E-state index in [1.54, 1.807) is 18.2 Å². The summed E-state index contributed by atoms with van der Waals surface area (Å²) in [6.45, 7) is 0. The number of nitro groups is 1. The maximum Gasteiger partial charge on any atom is 0.269 e. The lowest BCUT2D eigenvalue weighted by atomic mass is 10.1. The molecule has 0 spiro atoms. The van der Waals surface area contributed by atoms with Gasteiger partial charge in [0, 0.05) is 35.2 Å². The van der Waals surface area contributed by atoms with Crippen LogP contribution in [0.2, 0.25) is 0 Å². The zero-order chi connectivity index (χ0) is 27.9. The van der Waals surface area contributed by atoms with E-state index in [0.29, 0.717) is 34.1 Å². The molecular weight excluding hydrogens is 516 g/mol. The first-order valence-electron chi connectivity index (χ1n) is 11.0. The van der Waals surface area contributed by atoms with Gasteiger partial charge in [-0.2, -0.15) is 0 Å². The van der Waals surface area contributed by atoms with Gasteiger partial charge in [-0.25, -0.2) is 8.42 Å². The Labute approximate surface area is 219 Å². The Morgan fingerprint density at radius 3 is 2.03 bits per heavy atom. The fourth-order valence-electron chi connectivity index (χ4n) is 3.52. The minimum absolute atomic E-state index is 0.149. The molecule has 3 rings (SSSR count). The smallest absolute Gasteiger partial charge is 0.269 e. The number of rotatable bonds is 11. The molecule has 0 atom stereocenters. The molecule has 0 aliphatic carbocycles. The van der Waals surface area contributed by atoms with Gasteiger partial charge >= 0.3 is 0 Å². The molecule has 12 heteroatoms. The molecule has 0 saturated heterocycles. The molecule has 38 heavy (non-hydrogen) atoms. The van der Waals surface area contributed by atoms with Crippen LogP contribution in [0.4, 0.5) is 11.4 Å². The quantitative estimate of drug-likeness (QED) is 0.274. The molecule has 11 nitrogen and oxygen atoms in total. The molecule has 0 radical (unpaired) electrons. The lowest BCUT2D eigenvalue weighted by molar-refractivity contribution is -0.384. The summed E-state index contributed by atoms with van der Waals surface area (Å²) >= 11 is 0. The topological polar surface area (TPSA) is 143 Å². The molecule has 0 unspecified atom stereocenters. The van der Waals surface area contributed by atoms with E-state index in [1.807, 2.05) is 0 Å². The Balaban J connectivity index is 1.84. The molecule has 3 aromatic rings. The molecule has 0 fully saturated rings. The normalized spacial score (nSPS) is 11.2. The van der Waals surface area contributed by atoms with E-state index in [9.17, 15) is 23.3 Å². The van der Waals surface area contributed by atoms with Crippen LogP contribution in [0.1, 0.15) is 21.5 Å². The minimum Gasteiger partial charge on any atom is -0.496 e.